The molecule has 158 valence electrons. The molecule has 0 aliphatic carbocycles. The van der Waals surface area contributed by atoms with Crippen molar-refractivity contribution in [3.63, 3.8) is 0 Å². The third kappa shape index (κ3) is 5.95. The smallest absolute Gasteiger partial charge is 0.271 e. The van der Waals surface area contributed by atoms with Crippen LogP contribution in [-0.2, 0) is 9.53 Å². The number of carbonyl (C=O) groups excluding carboxylic acids is 2. The van der Waals surface area contributed by atoms with Crippen LogP contribution in [-0.4, -0.2) is 62.9 Å². The lowest BCUT2D eigenvalue weighted by Gasteiger charge is -2.26. The van der Waals surface area contributed by atoms with Gasteiger partial charge in [-0.15, -0.1) is 0 Å². The number of benzene rings is 2. The van der Waals surface area contributed by atoms with Crippen molar-refractivity contribution >= 4 is 29.6 Å². The molecule has 0 bridgehead atoms. The van der Waals surface area contributed by atoms with Crippen molar-refractivity contribution < 1.29 is 23.8 Å². The summed E-state index contributed by atoms with van der Waals surface area (Å²) in [6.07, 6.45) is 1.49. The second-order valence-electron chi connectivity index (χ2n) is 6.40. The quantitative estimate of drug-likeness (QED) is 0.537. The standard InChI is InChI=1S/C21H22ClN3O5/c1-28-19-12-15(13-23-24-21(27)16-3-5-17(22)6-4-16)2-7-18(19)30-14-20(26)25-8-10-29-11-9-25/h2-7,12-13H,8-11,14H2,1H3,(H,24,27)/b23-13+. The van der Waals surface area contributed by atoms with E-state index in [1.165, 1.54) is 13.3 Å². The molecule has 0 radical (unpaired) electrons. The van der Waals surface area contributed by atoms with Crippen LogP contribution in [0.25, 0.3) is 0 Å². The second kappa shape index (κ2) is 10.6. The first-order chi connectivity index (χ1) is 14.6. The highest BCUT2D eigenvalue weighted by Crippen LogP contribution is 2.27. The van der Waals surface area contributed by atoms with Crippen LogP contribution in [0, 0.1) is 0 Å². The van der Waals surface area contributed by atoms with Crippen molar-refractivity contribution in [2.75, 3.05) is 40.0 Å². The molecular formula is C21H22ClN3O5. The Morgan fingerprint density at radius 2 is 1.90 bits per heavy atom. The van der Waals surface area contributed by atoms with Crippen molar-refractivity contribution in [3.8, 4) is 11.5 Å². The van der Waals surface area contributed by atoms with E-state index in [0.717, 1.165) is 0 Å². The Labute approximate surface area is 179 Å². The predicted octanol–water partition coefficient (Wildman–Crippen LogP) is 2.35. The summed E-state index contributed by atoms with van der Waals surface area (Å²) in [7, 11) is 1.51. The fraction of sp³-hybridized carbons (Fsp3) is 0.286. The average Bonchev–Trinajstić information content (AvgIpc) is 2.78. The molecule has 1 N–H and O–H groups in total. The first kappa shape index (κ1) is 21.6. The number of ether oxygens (including phenoxy) is 3. The van der Waals surface area contributed by atoms with Crippen LogP contribution in [0.2, 0.25) is 5.02 Å². The van der Waals surface area contributed by atoms with Gasteiger partial charge < -0.3 is 19.1 Å². The predicted molar refractivity (Wildman–Crippen MR) is 112 cm³/mol. The number of methoxy groups -OCH3 is 1. The number of hydrogen-bond acceptors (Lipinski definition) is 6. The van der Waals surface area contributed by atoms with E-state index in [1.54, 1.807) is 47.4 Å². The Morgan fingerprint density at radius 3 is 2.60 bits per heavy atom. The van der Waals surface area contributed by atoms with Gasteiger partial charge in [-0.3, -0.25) is 9.59 Å². The Balaban J connectivity index is 1.56. The number of nitrogens with one attached hydrogen (secondary N) is 1. The van der Waals surface area contributed by atoms with Gasteiger partial charge in [0, 0.05) is 23.7 Å². The fourth-order valence-corrected chi connectivity index (χ4v) is 2.88. The molecule has 0 aromatic heterocycles. The maximum absolute atomic E-state index is 12.2. The summed E-state index contributed by atoms with van der Waals surface area (Å²) in [5.74, 6) is 0.451. The SMILES string of the molecule is COc1cc(/C=N/NC(=O)c2ccc(Cl)cc2)ccc1OCC(=O)N1CCOCC1. The van der Waals surface area contributed by atoms with E-state index in [0.29, 0.717) is 54.0 Å². The first-order valence-electron chi connectivity index (χ1n) is 9.32. The van der Waals surface area contributed by atoms with E-state index >= 15 is 0 Å². The molecule has 0 spiro atoms. The zero-order chi connectivity index (χ0) is 21.3. The molecular weight excluding hydrogens is 410 g/mol. The molecule has 1 saturated heterocycles. The fourth-order valence-electron chi connectivity index (χ4n) is 2.76. The minimum Gasteiger partial charge on any atom is -0.493 e. The van der Waals surface area contributed by atoms with E-state index in [2.05, 4.69) is 10.5 Å². The average molecular weight is 432 g/mol. The van der Waals surface area contributed by atoms with Crippen LogP contribution < -0.4 is 14.9 Å². The van der Waals surface area contributed by atoms with Gasteiger partial charge in [0.25, 0.3) is 11.8 Å². The molecule has 3 rings (SSSR count). The van der Waals surface area contributed by atoms with Crippen LogP contribution >= 0.6 is 11.6 Å². The van der Waals surface area contributed by atoms with Gasteiger partial charge in [-0.1, -0.05) is 11.6 Å². The molecule has 2 amide bonds. The highest BCUT2D eigenvalue weighted by Gasteiger charge is 2.18. The van der Waals surface area contributed by atoms with E-state index < -0.39 is 0 Å². The molecule has 2 aromatic rings. The number of hydrogen-bond donors (Lipinski definition) is 1. The lowest BCUT2D eigenvalue weighted by molar-refractivity contribution is -0.137. The molecule has 2 aromatic carbocycles. The number of morpholine rings is 1. The van der Waals surface area contributed by atoms with Gasteiger partial charge in [0.05, 0.1) is 26.5 Å². The molecule has 1 aliphatic heterocycles. The first-order valence-corrected chi connectivity index (χ1v) is 9.70. The van der Waals surface area contributed by atoms with Crippen LogP contribution in [0.15, 0.2) is 47.6 Å². The Bertz CT molecular complexity index is 911. The van der Waals surface area contributed by atoms with Crippen molar-refractivity contribution in [1.82, 2.24) is 10.3 Å². The minimum absolute atomic E-state index is 0.0824. The molecule has 1 aliphatic rings. The summed E-state index contributed by atoms with van der Waals surface area (Å²) in [5.41, 5.74) is 3.59. The Morgan fingerprint density at radius 1 is 1.17 bits per heavy atom. The summed E-state index contributed by atoms with van der Waals surface area (Å²) in [5, 5.41) is 4.51. The summed E-state index contributed by atoms with van der Waals surface area (Å²) in [6.45, 7) is 2.13. The van der Waals surface area contributed by atoms with Gasteiger partial charge in [0.1, 0.15) is 0 Å². The molecule has 0 unspecified atom stereocenters. The van der Waals surface area contributed by atoms with Gasteiger partial charge in [-0.2, -0.15) is 5.10 Å². The molecule has 1 fully saturated rings. The van der Waals surface area contributed by atoms with Crippen LogP contribution in [0.1, 0.15) is 15.9 Å². The van der Waals surface area contributed by atoms with Gasteiger partial charge in [0.15, 0.2) is 18.1 Å². The number of amides is 2. The summed E-state index contributed by atoms with van der Waals surface area (Å²) in [6, 6.07) is 11.6. The van der Waals surface area contributed by atoms with E-state index in [4.69, 9.17) is 25.8 Å². The number of carbonyl (C=O) groups is 2. The second-order valence-corrected chi connectivity index (χ2v) is 6.83. The number of rotatable bonds is 7. The summed E-state index contributed by atoms with van der Waals surface area (Å²) < 4.78 is 16.2. The lowest BCUT2D eigenvalue weighted by atomic mass is 10.2. The Hall–Kier alpha value is -3.10. The Kier molecular flexibility index (Phi) is 7.64. The highest BCUT2D eigenvalue weighted by atomic mass is 35.5. The third-order valence-corrected chi connectivity index (χ3v) is 4.64. The van der Waals surface area contributed by atoms with Crippen molar-refractivity contribution in [2.24, 2.45) is 5.10 Å². The zero-order valence-electron chi connectivity index (χ0n) is 16.5. The topological polar surface area (TPSA) is 89.5 Å². The molecule has 0 atom stereocenters. The van der Waals surface area contributed by atoms with E-state index in [9.17, 15) is 9.59 Å². The van der Waals surface area contributed by atoms with Crippen LogP contribution in [0.5, 0.6) is 11.5 Å². The number of nitrogens with zero attached hydrogens (tertiary/aromatic N) is 2. The molecule has 30 heavy (non-hydrogen) atoms. The van der Waals surface area contributed by atoms with E-state index in [1.807, 2.05) is 0 Å². The van der Waals surface area contributed by atoms with E-state index in [-0.39, 0.29) is 18.4 Å². The largest absolute Gasteiger partial charge is 0.493 e. The van der Waals surface area contributed by atoms with Gasteiger partial charge in [-0.05, 0) is 48.0 Å². The van der Waals surface area contributed by atoms with Crippen molar-refractivity contribution in [1.29, 1.82) is 0 Å². The maximum Gasteiger partial charge on any atom is 0.271 e. The normalized spacial score (nSPS) is 13.9. The molecule has 9 heteroatoms. The van der Waals surface area contributed by atoms with Crippen LogP contribution in [0.3, 0.4) is 0 Å². The van der Waals surface area contributed by atoms with Gasteiger partial charge in [0.2, 0.25) is 0 Å². The molecule has 1 heterocycles. The summed E-state index contributed by atoms with van der Waals surface area (Å²) >= 11 is 5.81. The molecule has 0 saturated carbocycles. The molecule has 8 nitrogen and oxygen atoms in total. The van der Waals surface area contributed by atoms with Crippen LogP contribution in [0.4, 0.5) is 0 Å². The minimum atomic E-state index is -0.350. The summed E-state index contributed by atoms with van der Waals surface area (Å²) in [4.78, 5) is 26.0. The highest BCUT2D eigenvalue weighted by molar-refractivity contribution is 6.30. The number of halogens is 1. The monoisotopic (exact) mass is 431 g/mol. The third-order valence-electron chi connectivity index (χ3n) is 4.39. The van der Waals surface area contributed by atoms with Gasteiger partial charge in [-0.25, -0.2) is 5.43 Å². The number of hydrazone groups is 1. The zero-order valence-corrected chi connectivity index (χ0v) is 17.2. The lowest BCUT2D eigenvalue weighted by Crippen LogP contribution is -2.43. The van der Waals surface area contributed by atoms with Crippen molar-refractivity contribution in [3.05, 3.63) is 58.6 Å². The maximum atomic E-state index is 12.2. The van der Waals surface area contributed by atoms with Gasteiger partial charge >= 0.3 is 0 Å². The van der Waals surface area contributed by atoms with Crippen molar-refractivity contribution in [2.45, 2.75) is 0 Å².